The molecule has 2 heterocycles. The zero-order valence-corrected chi connectivity index (χ0v) is 16.1. The van der Waals surface area contributed by atoms with Crippen molar-refractivity contribution in [1.29, 1.82) is 0 Å². The van der Waals surface area contributed by atoms with Crippen LogP contribution in [0, 0.1) is 0 Å². The number of hydrogen-bond acceptors (Lipinski definition) is 4. The normalized spacial score (nSPS) is 11.5. The quantitative estimate of drug-likeness (QED) is 0.502. The van der Waals surface area contributed by atoms with Crippen LogP contribution in [0.1, 0.15) is 18.1 Å². The largest absolute Gasteiger partial charge is 0.454 e. The summed E-state index contributed by atoms with van der Waals surface area (Å²) in [6.07, 6.45) is 2.09. The van der Waals surface area contributed by atoms with E-state index in [0.29, 0.717) is 13.1 Å². The Kier molecular flexibility index (Phi) is 5.55. The van der Waals surface area contributed by atoms with Gasteiger partial charge in [-0.1, -0.05) is 55.5 Å². The van der Waals surface area contributed by atoms with Crippen molar-refractivity contribution in [3.8, 4) is 11.5 Å². The van der Waals surface area contributed by atoms with Crippen molar-refractivity contribution in [2.24, 2.45) is 0 Å². The smallest absolute Gasteiger partial charge is 0.156 e. The van der Waals surface area contributed by atoms with Gasteiger partial charge in [0.05, 0.1) is 13.2 Å². The standard InChI is InChI=1S/C23H25N3O2/c1-2-25(12-13-27)16-20-17-26(15-18-8-4-3-5-9-18)24-23(20)22-14-19-10-6-7-11-21(19)28-22/h3-11,14,17,27H,2,12-13,15-16H2,1H3. The molecule has 28 heavy (non-hydrogen) atoms. The Morgan fingerprint density at radius 1 is 1.07 bits per heavy atom. The van der Waals surface area contributed by atoms with Crippen molar-refractivity contribution in [3.63, 3.8) is 0 Å². The average Bonchev–Trinajstić information content (AvgIpc) is 3.32. The molecule has 144 valence electrons. The molecule has 5 heteroatoms. The molecule has 0 bridgehead atoms. The molecule has 0 fully saturated rings. The summed E-state index contributed by atoms with van der Waals surface area (Å²) >= 11 is 0. The van der Waals surface area contributed by atoms with Crippen molar-refractivity contribution in [2.45, 2.75) is 20.0 Å². The number of likely N-dealkylation sites (N-methyl/N-ethyl adjacent to an activating group) is 1. The summed E-state index contributed by atoms with van der Waals surface area (Å²) in [6, 6.07) is 20.4. The molecular weight excluding hydrogens is 350 g/mol. The summed E-state index contributed by atoms with van der Waals surface area (Å²) in [4.78, 5) is 2.20. The van der Waals surface area contributed by atoms with Crippen LogP contribution >= 0.6 is 0 Å². The lowest BCUT2D eigenvalue weighted by molar-refractivity contribution is 0.197. The third-order valence-electron chi connectivity index (χ3n) is 4.94. The highest BCUT2D eigenvalue weighted by molar-refractivity contribution is 5.82. The molecule has 0 atom stereocenters. The maximum Gasteiger partial charge on any atom is 0.156 e. The number of para-hydroxylation sites is 1. The lowest BCUT2D eigenvalue weighted by Gasteiger charge is -2.18. The van der Waals surface area contributed by atoms with Crippen LogP contribution in [0.4, 0.5) is 0 Å². The maximum atomic E-state index is 9.35. The van der Waals surface area contributed by atoms with E-state index in [2.05, 4.69) is 36.2 Å². The molecule has 0 spiro atoms. The second kappa shape index (κ2) is 8.42. The molecule has 0 amide bonds. The van der Waals surface area contributed by atoms with Gasteiger partial charge in [-0.3, -0.25) is 9.58 Å². The number of hydrogen-bond donors (Lipinski definition) is 1. The average molecular weight is 375 g/mol. The van der Waals surface area contributed by atoms with Gasteiger partial charge >= 0.3 is 0 Å². The van der Waals surface area contributed by atoms with Crippen LogP contribution in [-0.2, 0) is 13.1 Å². The first-order valence-corrected chi connectivity index (χ1v) is 9.69. The Balaban J connectivity index is 1.71. The Labute approximate surface area is 164 Å². The molecule has 1 N–H and O–H groups in total. The highest BCUT2D eigenvalue weighted by atomic mass is 16.3. The fraction of sp³-hybridized carbons (Fsp3) is 0.261. The van der Waals surface area contributed by atoms with Gasteiger partial charge in [0.15, 0.2) is 5.76 Å². The van der Waals surface area contributed by atoms with Crippen LogP contribution in [0.15, 0.2) is 71.3 Å². The van der Waals surface area contributed by atoms with Crippen LogP contribution in [0.3, 0.4) is 0 Å². The van der Waals surface area contributed by atoms with E-state index < -0.39 is 0 Å². The number of fused-ring (bicyclic) bond motifs is 1. The first-order chi connectivity index (χ1) is 13.8. The van der Waals surface area contributed by atoms with Crippen LogP contribution in [0.5, 0.6) is 0 Å². The minimum absolute atomic E-state index is 0.145. The van der Waals surface area contributed by atoms with E-state index in [1.54, 1.807) is 0 Å². The van der Waals surface area contributed by atoms with Gasteiger partial charge in [0.1, 0.15) is 11.3 Å². The van der Waals surface area contributed by atoms with Crippen molar-refractivity contribution < 1.29 is 9.52 Å². The van der Waals surface area contributed by atoms with Crippen molar-refractivity contribution in [1.82, 2.24) is 14.7 Å². The fourth-order valence-corrected chi connectivity index (χ4v) is 3.47. The third kappa shape index (κ3) is 4.01. The number of benzene rings is 2. The van der Waals surface area contributed by atoms with E-state index in [1.807, 2.05) is 47.1 Å². The number of rotatable bonds is 8. The van der Waals surface area contributed by atoms with E-state index in [0.717, 1.165) is 41.1 Å². The monoisotopic (exact) mass is 375 g/mol. The summed E-state index contributed by atoms with van der Waals surface area (Å²) in [7, 11) is 0. The second-order valence-electron chi connectivity index (χ2n) is 6.93. The molecule has 4 rings (SSSR count). The highest BCUT2D eigenvalue weighted by Gasteiger charge is 2.17. The number of nitrogens with zero attached hydrogens (tertiary/aromatic N) is 3. The minimum atomic E-state index is 0.145. The number of furan rings is 1. The van der Waals surface area contributed by atoms with Crippen LogP contribution in [0.25, 0.3) is 22.4 Å². The molecule has 0 unspecified atom stereocenters. The van der Waals surface area contributed by atoms with E-state index in [1.165, 1.54) is 5.56 Å². The van der Waals surface area contributed by atoms with Crippen molar-refractivity contribution in [2.75, 3.05) is 19.7 Å². The van der Waals surface area contributed by atoms with Crippen molar-refractivity contribution >= 4 is 11.0 Å². The van der Waals surface area contributed by atoms with E-state index in [-0.39, 0.29) is 6.61 Å². The summed E-state index contributed by atoms with van der Waals surface area (Å²) in [5.74, 6) is 0.781. The van der Waals surface area contributed by atoms with Gasteiger partial charge in [-0.15, -0.1) is 0 Å². The minimum Gasteiger partial charge on any atom is -0.454 e. The predicted molar refractivity (Wildman–Crippen MR) is 111 cm³/mol. The molecule has 2 aromatic carbocycles. The van der Waals surface area contributed by atoms with Crippen LogP contribution < -0.4 is 0 Å². The van der Waals surface area contributed by atoms with Crippen LogP contribution in [-0.4, -0.2) is 39.5 Å². The number of aliphatic hydroxyl groups is 1. The second-order valence-corrected chi connectivity index (χ2v) is 6.93. The fourth-order valence-electron chi connectivity index (χ4n) is 3.47. The molecule has 0 saturated heterocycles. The summed E-state index contributed by atoms with van der Waals surface area (Å²) < 4.78 is 8.06. The molecule has 2 aromatic heterocycles. The van der Waals surface area contributed by atoms with Gasteiger partial charge in [0, 0.05) is 30.2 Å². The van der Waals surface area contributed by atoms with E-state index in [9.17, 15) is 5.11 Å². The molecular formula is C23H25N3O2. The zero-order chi connectivity index (χ0) is 19.3. The molecule has 4 aromatic rings. The summed E-state index contributed by atoms with van der Waals surface area (Å²) in [6.45, 7) is 5.18. The lowest BCUT2D eigenvalue weighted by Crippen LogP contribution is -2.26. The topological polar surface area (TPSA) is 54.4 Å². The number of aliphatic hydroxyl groups excluding tert-OH is 1. The third-order valence-corrected chi connectivity index (χ3v) is 4.94. The highest BCUT2D eigenvalue weighted by Crippen LogP contribution is 2.30. The molecule has 0 aliphatic carbocycles. The van der Waals surface area contributed by atoms with Gasteiger partial charge in [0.2, 0.25) is 0 Å². The van der Waals surface area contributed by atoms with Gasteiger partial charge < -0.3 is 9.52 Å². The van der Waals surface area contributed by atoms with Crippen molar-refractivity contribution in [3.05, 3.63) is 78.0 Å². The van der Waals surface area contributed by atoms with Gasteiger partial charge in [-0.25, -0.2) is 0 Å². The maximum absolute atomic E-state index is 9.35. The lowest BCUT2D eigenvalue weighted by atomic mass is 10.2. The van der Waals surface area contributed by atoms with Gasteiger partial charge in [-0.05, 0) is 24.2 Å². The number of aromatic nitrogens is 2. The van der Waals surface area contributed by atoms with Gasteiger partial charge in [0.25, 0.3) is 0 Å². The molecule has 0 saturated carbocycles. The predicted octanol–water partition coefficient (Wildman–Crippen LogP) is 4.16. The summed E-state index contributed by atoms with van der Waals surface area (Å²) in [5, 5.41) is 15.3. The Morgan fingerprint density at radius 2 is 1.86 bits per heavy atom. The Hall–Kier alpha value is -2.89. The summed E-state index contributed by atoms with van der Waals surface area (Å²) in [5.41, 5.74) is 4.04. The van der Waals surface area contributed by atoms with Crippen LogP contribution in [0.2, 0.25) is 0 Å². The zero-order valence-electron chi connectivity index (χ0n) is 16.1. The van der Waals surface area contributed by atoms with E-state index in [4.69, 9.17) is 9.52 Å². The Morgan fingerprint density at radius 3 is 2.61 bits per heavy atom. The molecule has 0 aliphatic rings. The van der Waals surface area contributed by atoms with E-state index >= 15 is 0 Å². The van der Waals surface area contributed by atoms with Gasteiger partial charge in [-0.2, -0.15) is 5.10 Å². The SMILES string of the molecule is CCN(CCO)Cc1cn(Cc2ccccc2)nc1-c1cc2ccccc2o1. The first kappa shape index (κ1) is 18.5. The Bertz CT molecular complexity index is 1000. The molecule has 0 aliphatic heterocycles. The molecule has 0 radical (unpaired) electrons. The molecule has 5 nitrogen and oxygen atoms in total. The first-order valence-electron chi connectivity index (χ1n) is 9.69.